The molecule has 1 fully saturated rings. The Kier molecular flexibility index (Phi) is 5.04. The van der Waals surface area contributed by atoms with Crippen LogP contribution in [0.2, 0.25) is 0 Å². The van der Waals surface area contributed by atoms with Crippen LogP contribution >= 0.6 is 11.3 Å². The maximum atomic E-state index is 13.0. The van der Waals surface area contributed by atoms with Gasteiger partial charge in [-0.1, -0.05) is 12.1 Å². The normalized spacial score (nSPS) is 21.5. The van der Waals surface area contributed by atoms with Crippen LogP contribution < -0.4 is 0 Å². The molecule has 6 heteroatoms. The Morgan fingerprint density at radius 2 is 2.09 bits per heavy atom. The van der Waals surface area contributed by atoms with Gasteiger partial charge in [-0.3, -0.25) is 4.90 Å². The molecule has 0 bridgehead atoms. The third-order valence-corrected chi connectivity index (χ3v) is 5.58. The molecule has 0 amide bonds. The average molecular weight is 335 g/mol. The van der Waals surface area contributed by atoms with E-state index in [1.54, 1.807) is 23.5 Å². The molecule has 124 valence electrons. The number of rotatable bonds is 5. The van der Waals surface area contributed by atoms with Gasteiger partial charge in [0.15, 0.2) is 0 Å². The van der Waals surface area contributed by atoms with Crippen LogP contribution in [0.25, 0.3) is 0 Å². The lowest BCUT2D eigenvalue weighted by Gasteiger charge is -2.30. The Morgan fingerprint density at radius 1 is 1.35 bits per heavy atom. The molecular weight excluding hydrogens is 313 g/mol. The van der Waals surface area contributed by atoms with Crippen molar-refractivity contribution in [2.75, 3.05) is 6.54 Å². The van der Waals surface area contributed by atoms with Gasteiger partial charge in [0.2, 0.25) is 0 Å². The van der Waals surface area contributed by atoms with Crippen LogP contribution in [0.3, 0.4) is 0 Å². The lowest BCUT2D eigenvalue weighted by Crippen LogP contribution is -2.33. The zero-order valence-corrected chi connectivity index (χ0v) is 14.3. The maximum absolute atomic E-state index is 13.0. The number of nitrogens with zero attached hydrogens (tertiary/aromatic N) is 3. The van der Waals surface area contributed by atoms with Gasteiger partial charge in [0.1, 0.15) is 15.8 Å². The van der Waals surface area contributed by atoms with Gasteiger partial charge in [0.25, 0.3) is 0 Å². The predicted molar refractivity (Wildman–Crippen MR) is 88.8 cm³/mol. The number of likely N-dealkylation sites (tertiary alicyclic amines) is 1. The van der Waals surface area contributed by atoms with Crippen molar-refractivity contribution in [3.63, 3.8) is 0 Å². The number of aliphatic hydroxyl groups is 1. The van der Waals surface area contributed by atoms with Crippen molar-refractivity contribution in [3.05, 3.63) is 45.7 Å². The maximum Gasteiger partial charge on any atom is 0.134 e. The Morgan fingerprint density at radius 3 is 2.74 bits per heavy atom. The molecule has 3 atom stereocenters. The van der Waals surface area contributed by atoms with Gasteiger partial charge in [-0.15, -0.1) is 21.5 Å². The van der Waals surface area contributed by atoms with Gasteiger partial charge in [0.05, 0.1) is 12.1 Å². The third-order valence-electron chi connectivity index (χ3n) is 4.57. The molecule has 1 aromatic heterocycles. The van der Waals surface area contributed by atoms with Gasteiger partial charge >= 0.3 is 0 Å². The molecule has 4 nitrogen and oxygen atoms in total. The number of aryl methyl sites for hydroxylation is 1. The molecule has 0 spiro atoms. The third kappa shape index (κ3) is 3.76. The van der Waals surface area contributed by atoms with Crippen LogP contribution in [0.4, 0.5) is 4.39 Å². The van der Waals surface area contributed by atoms with Crippen molar-refractivity contribution in [2.24, 2.45) is 0 Å². The molecule has 0 unspecified atom stereocenters. The highest BCUT2D eigenvalue weighted by atomic mass is 32.1. The second kappa shape index (κ2) is 7.03. The van der Waals surface area contributed by atoms with Crippen molar-refractivity contribution < 1.29 is 9.50 Å². The Bertz CT molecular complexity index is 646. The van der Waals surface area contributed by atoms with Gasteiger partial charge in [-0.2, -0.15) is 0 Å². The van der Waals surface area contributed by atoms with Gasteiger partial charge in [-0.25, -0.2) is 4.39 Å². The molecule has 1 aliphatic heterocycles. The summed E-state index contributed by atoms with van der Waals surface area (Å²) in [5.74, 6) is -0.274. The van der Waals surface area contributed by atoms with E-state index in [1.807, 2.05) is 6.92 Å². The first-order chi connectivity index (χ1) is 11.0. The van der Waals surface area contributed by atoms with E-state index in [0.717, 1.165) is 35.0 Å². The van der Waals surface area contributed by atoms with Crippen LogP contribution in [0, 0.1) is 12.7 Å². The molecule has 1 N–H and O–H groups in total. The van der Waals surface area contributed by atoms with E-state index in [9.17, 15) is 9.50 Å². The largest absolute Gasteiger partial charge is 0.388 e. The molecular formula is C17H22FN3OS. The van der Waals surface area contributed by atoms with E-state index >= 15 is 0 Å². The highest BCUT2D eigenvalue weighted by Gasteiger charge is 2.32. The van der Waals surface area contributed by atoms with E-state index < -0.39 is 6.10 Å². The average Bonchev–Trinajstić information content (AvgIpc) is 3.16. The molecule has 23 heavy (non-hydrogen) atoms. The fraction of sp³-hybridized carbons (Fsp3) is 0.529. The minimum absolute atomic E-state index is 0.217. The van der Waals surface area contributed by atoms with E-state index in [0.29, 0.717) is 12.5 Å². The molecule has 2 heterocycles. The number of hydrogen-bond acceptors (Lipinski definition) is 5. The molecule has 1 saturated heterocycles. The van der Waals surface area contributed by atoms with Crippen molar-refractivity contribution >= 4 is 11.3 Å². The summed E-state index contributed by atoms with van der Waals surface area (Å²) in [5.41, 5.74) is 0.776. The fourth-order valence-corrected chi connectivity index (χ4v) is 4.09. The number of aromatic nitrogens is 2. The summed E-state index contributed by atoms with van der Waals surface area (Å²) in [5, 5.41) is 20.9. The van der Waals surface area contributed by atoms with E-state index in [4.69, 9.17) is 0 Å². The summed E-state index contributed by atoms with van der Waals surface area (Å²) < 4.78 is 13.0. The first-order valence-corrected chi connectivity index (χ1v) is 8.85. The number of benzene rings is 1. The van der Waals surface area contributed by atoms with Gasteiger partial charge in [-0.05, 0) is 57.4 Å². The first kappa shape index (κ1) is 16.5. The van der Waals surface area contributed by atoms with Crippen LogP contribution in [0.5, 0.6) is 0 Å². The van der Waals surface area contributed by atoms with E-state index in [-0.39, 0.29) is 11.9 Å². The summed E-state index contributed by atoms with van der Waals surface area (Å²) in [6, 6.07) is 6.66. The lowest BCUT2D eigenvalue weighted by molar-refractivity contribution is 0.103. The van der Waals surface area contributed by atoms with Crippen molar-refractivity contribution in [1.82, 2.24) is 15.1 Å². The van der Waals surface area contributed by atoms with Crippen molar-refractivity contribution in [1.29, 1.82) is 0 Å². The Balaban J connectivity index is 1.67. The van der Waals surface area contributed by atoms with Gasteiger partial charge < -0.3 is 5.11 Å². The minimum atomic E-state index is -0.565. The second-order valence-electron chi connectivity index (χ2n) is 6.17. The Labute approximate surface area is 140 Å². The predicted octanol–water partition coefficient (Wildman–Crippen LogP) is 3.63. The van der Waals surface area contributed by atoms with Crippen LogP contribution in [0.1, 0.15) is 53.9 Å². The van der Waals surface area contributed by atoms with Crippen LogP contribution in [0.15, 0.2) is 24.3 Å². The number of aliphatic hydroxyl groups excluding tert-OH is 1. The summed E-state index contributed by atoms with van der Waals surface area (Å²) in [6.07, 6.45) is 2.29. The zero-order chi connectivity index (χ0) is 16.4. The SMILES string of the molecule is Cc1nnc([C@H](C)N2CCC[C@H]2C[C@H](O)c2ccc(F)cc2)s1. The topological polar surface area (TPSA) is 49.2 Å². The summed E-state index contributed by atoms with van der Waals surface area (Å²) in [6.45, 7) is 5.14. The first-order valence-electron chi connectivity index (χ1n) is 8.04. The summed E-state index contributed by atoms with van der Waals surface area (Å²) >= 11 is 1.63. The second-order valence-corrected chi connectivity index (χ2v) is 7.39. The Hall–Kier alpha value is -1.37. The van der Waals surface area contributed by atoms with Crippen LogP contribution in [-0.4, -0.2) is 32.8 Å². The molecule has 0 saturated carbocycles. The monoisotopic (exact) mass is 335 g/mol. The smallest absolute Gasteiger partial charge is 0.134 e. The molecule has 2 aromatic rings. The highest BCUT2D eigenvalue weighted by molar-refractivity contribution is 7.11. The summed E-state index contributed by atoms with van der Waals surface area (Å²) in [4.78, 5) is 2.41. The zero-order valence-electron chi connectivity index (χ0n) is 13.4. The standard InChI is InChI=1S/C17H22FN3OS/c1-11(17-20-19-12(2)23-17)21-9-3-4-15(21)10-16(22)13-5-7-14(18)8-6-13/h5-8,11,15-16,22H,3-4,9-10H2,1-2H3/t11-,15-,16-/m0/s1. The lowest BCUT2D eigenvalue weighted by atomic mass is 10.00. The number of halogens is 1. The minimum Gasteiger partial charge on any atom is -0.388 e. The van der Waals surface area contributed by atoms with Crippen molar-refractivity contribution in [3.8, 4) is 0 Å². The fourth-order valence-electron chi connectivity index (χ4n) is 3.32. The molecule has 0 aliphatic carbocycles. The van der Waals surface area contributed by atoms with Gasteiger partial charge in [0, 0.05) is 6.04 Å². The quantitative estimate of drug-likeness (QED) is 0.906. The molecule has 1 aliphatic rings. The molecule has 1 aromatic carbocycles. The highest BCUT2D eigenvalue weighted by Crippen LogP contribution is 2.34. The molecule has 0 radical (unpaired) electrons. The van der Waals surface area contributed by atoms with Crippen molar-refractivity contribution in [2.45, 2.75) is 51.3 Å². The summed E-state index contributed by atoms with van der Waals surface area (Å²) in [7, 11) is 0. The number of hydrogen-bond donors (Lipinski definition) is 1. The molecule has 3 rings (SSSR count). The van der Waals surface area contributed by atoms with Crippen LogP contribution in [-0.2, 0) is 0 Å². The van der Waals surface area contributed by atoms with E-state index in [1.165, 1.54) is 12.1 Å². The van der Waals surface area contributed by atoms with E-state index in [2.05, 4.69) is 22.0 Å².